The third-order valence-electron chi connectivity index (χ3n) is 5.46. The first-order valence-corrected chi connectivity index (χ1v) is 11.6. The molecule has 0 atom stereocenters. The van der Waals surface area contributed by atoms with E-state index in [0.717, 1.165) is 11.4 Å². The van der Waals surface area contributed by atoms with E-state index in [1.54, 1.807) is 6.20 Å². The highest BCUT2D eigenvalue weighted by Crippen LogP contribution is 2.24. The Hall–Kier alpha value is -2.78. The zero-order valence-corrected chi connectivity index (χ0v) is 18.9. The van der Waals surface area contributed by atoms with Gasteiger partial charge in [-0.3, -0.25) is 9.59 Å². The quantitative estimate of drug-likeness (QED) is 0.657. The SMILES string of the molecule is CC(=O)c1ccc(S(=O)(=O)N2CCC(C(=O)NCc3ccc(N(C)C)nc3)CC2)cc1. The molecule has 0 radical (unpaired) electrons. The predicted molar refractivity (Wildman–Crippen MR) is 118 cm³/mol. The summed E-state index contributed by atoms with van der Waals surface area (Å²) < 4.78 is 27.1. The van der Waals surface area contributed by atoms with Crippen molar-refractivity contribution in [3.05, 3.63) is 53.7 Å². The summed E-state index contributed by atoms with van der Waals surface area (Å²) in [4.78, 5) is 30.3. The Kier molecular flexibility index (Phi) is 7.07. The van der Waals surface area contributed by atoms with Crippen molar-refractivity contribution in [2.24, 2.45) is 5.92 Å². The number of nitrogens with zero attached hydrogens (tertiary/aromatic N) is 3. The van der Waals surface area contributed by atoms with Crippen LogP contribution in [0.2, 0.25) is 0 Å². The Balaban J connectivity index is 1.53. The summed E-state index contributed by atoms with van der Waals surface area (Å²) >= 11 is 0. The van der Waals surface area contributed by atoms with Crippen LogP contribution in [0.4, 0.5) is 5.82 Å². The van der Waals surface area contributed by atoms with E-state index in [0.29, 0.717) is 24.9 Å². The van der Waals surface area contributed by atoms with Gasteiger partial charge >= 0.3 is 0 Å². The van der Waals surface area contributed by atoms with Crippen LogP contribution in [0.1, 0.15) is 35.7 Å². The number of ketones is 1. The first-order valence-electron chi connectivity index (χ1n) is 10.2. The Morgan fingerprint density at radius 3 is 2.26 bits per heavy atom. The number of hydrogen-bond acceptors (Lipinski definition) is 6. The summed E-state index contributed by atoms with van der Waals surface area (Å²) in [6.45, 7) is 2.40. The Morgan fingerprint density at radius 2 is 1.74 bits per heavy atom. The lowest BCUT2D eigenvalue weighted by atomic mass is 9.97. The summed E-state index contributed by atoms with van der Waals surface area (Å²) in [5.74, 6) is 0.444. The zero-order chi connectivity index (χ0) is 22.6. The molecule has 1 aliphatic heterocycles. The van der Waals surface area contributed by atoms with Crippen molar-refractivity contribution in [3.8, 4) is 0 Å². The minimum absolute atomic E-state index is 0.0699. The molecule has 0 bridgehead atoms. The van der Waals surface area contributed by atoms with Gasteiger partial charge in [-0.2, -0.15) is 4.31 Å². The average molecular weight is 445 g/mol. The highest BCUT2D eigenvalue weighted by Gasteiger charge is 2.32. The van der Waals surface area contributed by atoms with E-state index >= 15 is 0 Å². The lowest BCUT2D eigenvalue weighted by molar-refractivity contribution is -0.126. The van der Waals surface area contributed by atoms with E-state index in [-0.39, 0.29) is 35.6 Å². The molecule has 0 spiro atoms. The van der Waals surface area contributed by atoms with Crippen molar-refractivity contribution in [2.45, 2.75) is 31.2 Å². The number of rotatable bonds is 7. The topological polar surface area (TPSA) is 99.7 Å². The van der Waals surface area contributed by atoms with Crippen LogP contribution in [0.5, 0.6) is 0 Å². The molecule has 9 heteroatoms. The fourth-order valence-corrected chi connectivity index (χ4v) is 4.96. The number of Topliss-reactive ketones (excluding diaryl/α,β-unsaturated/α-hetero) is 1. The van der Waals surface area contributed by atoms with Gasteiger partial charge in [-0.15, -0.1) is 0 Å². The minimum atomic E-state index is -3.64. The summed E-state index contributed by atoms with van der Waals surface area (Å²) in [6.07, 6.45) is 2.67. The average Bonchev–Trinajstić information content (AvgIpc) is 2.77. The number of benzene rings is 1. The minimum Gasteiger partial charge on any atom is -0.363 e. The van der Waals surface area contributed by atoms with E-state index in [1.807, 2.05) is 31.1 Å². The van der Waals surface area contributed by atoms with Crippen LogP contribution >= 0.6 is 0 Å². The van der Waals surface area contributed by atoms with Crippen molar-refractivity contribution < 1.29 is 18.0 Å². The second-order valence-electron chi connectivity index (χ2n) is 7.90. The zero-order valence-electron chi connectivity index (χ0n) is 18.0. The monoisotopic (exact) mass is 444 g/mol. The molecule has 8 nitrogen and oxygen atoms in total. The second-order valence-corrected chi connectivity index (χ2v) is 9.83. The molecule has 1 saturated heterocycles. The van der Waals surface area contributed by atoms with Crippen molar-refractivity contribution in [1.29, 1.82) is 0 Å². The van der Waals surface area contributed by atoms with Crippen molar-refractivity contribution >= 4 is 27.5 Å². The van der Waals surface area contributed by atoms with Crippen molar-refractivity contribution in [2.75, 3.05) is 32.1 Å². The predicted octanol–water partition coefficient (Wildman–Crippen LogP) is 2.07. The molecule has 1 N–H and O–H groups in total. The highest BCUT2D eigenvalue weighted by molar-refractivity contribution is 7.89. The fraction of sp³-hybridized carbons (Fsp3) is 0.409. The molecule has 3 rings (SSSR count). The van der Waals surface area contributed by atoms with E-state index in [2.05, 4.69) is 10.3 Å². The standard InChI is InChI=1S/C22H28N4O4S/c1-16(27)18-5-7-20(8-6-18)31(29,30)26-12-10-19(11-13-26)22(28)24-15-17-4-9-21(23-14-17)25(2)3/h4-9,14,19H,10-13,15H2,1-3H3,(H,24,28). The van der Waals surface area contributed by atoms with Gasteiger partial charge in [0.25, 0.3) is 0 Å². The van der Waals surface area contributed by atoms with Gasteiger partial charge < -0.3 is 10.2 Å². The molecule has 0 aliphatic carbocycles. The van der Waals surface area contributed by atoms with Crippen molar-refractivity contribution in [1.82, 2.24) is 14.6 Å². The molecule has 166 valence electrons. The first kappa shape index (κ1) is 22.9. The Bertz CT molecular complexity index is 1030. The number of anilines is 1. The number of nitrogens with one attached hydrogen (secondary N) is 1. The number of hydrogen-bond donors (Lipinski definition) is 1. The summed E-state index contributed by atoms with van der Waals surface area (Å²) in [5.41, 5.74) is 1.38. The van der Waals surface area contributed by atoms with E-state index in [4.69, 9.17) is 0 Å². The number of pyridine rings is 1. The molecule has 1 aliphatic rings. The lowest BCUT2D eigenvalue weighted by Gasteiger charge is -2.30. The molecule has 0 unspecified atom stereocenters. The second kappa shape index (κ2) is 9.57. The first-order chi connectivity index (χ1) is 14.7. The number of piperidine rings is 1. The van der Waals surface area contributed by atoms with Gasteiger partial charge in [-0.05, 0) is 43.5 Å². The maximum absolute atomic E-state index is 12.9. The third kappa shape index (κ3) is 5.48. The third-order valence-corrected chi connectivity index (χ3v) is 7.37. The molecule has 1 aromatic carbocycles. The molecular formula is C22H28N4O4S. The molecule has 1 fully saturated rings. The van der Waals surface area contributed by atoms with E-state index < -0.39 is 10.0 Å². The molecular weight excluding hydrogens is 416 g/mol. The van der Waals surface area contributed by atoms with Crippen LogP contribution in [0.15, 0.2) is 47.5 Å². The molecule has 2 aromatic rings. The summed E-state index contributed by atoms with van der Waals surface area (Å²) in [6, 6.07) is 9.79. The maximum Gasteiger partial charge on any atom is 0.243 e. The number of sulfonamides is 1. The van der Waals surface area contributed by atoms with E-state index in [9.17, 15) is 18.0 Å². The van der Waals surface area contributed by atoms with Crippen LogP contribution in [0.3, 0.4) is 0 Å². The van der Waals surface area contributed by atoms with Gasteiger partial charge in [0.15, 0.2) is 5.78 Å². The largest absolute Gasteiger partial charge is 0.363 e. The van der Waals surface area contributed by atoms with Gasteiger partial charge in [-0.25, -0.2) is 13.4 Å². The van der Waals surface area contributed by atoms with Crippen LogP contribution < -0.4 is 10.2 Å². The number of aromatic nitrogens is 1. The molecule has 1 amide bonds. The number of amides is 1. The lowest BCUT2D eigenvalue weighted by Crippen LogP contribution is -2.42. The molecule has 31 heavy (non-hydrogen) atoms. The molecule has 0 saturated carbocycles. The van der Waals surface area contributed by atoms with Gasteiger partial charge in [-0.1, -0.05) is 18.2 Å². The van der Waals surface area contributed by atoms with Gasteiger partial charge in [0.2, 0.25) is 15.9 Å². The summed E-state index contributed by atoms with van der Waals surface area (Å²) in [7, 11) is 0.186. The Labute approximate surface area is 183 Å². The number of carbonyl (C=O) groups is 2. The van der Waals surface area contributed by atoms with Gasteiger partial charge in [0, 0.05) is 51.4 Å². The van der Waals surface area contributed by atoms with Crippen molar-refractivity contribution in [3.63, 3.8) is 0 Å². The summed E-state index contributed by atoms with van der Waals surface area (Å²) in [5, 5.41) is 2.93. The maximum atomic E-state index is 12.9. The van der Waals surface area contributed by atoms with E-state index in [1.165, 1.54) is 35.5 Å². The number of carbonyl (C=O) groups excluding carboxylic acids is 2. The normalized spacial score (nSPS) is 15.5. The van der Waals surface area contributed by atoms with Gasteiger partial charge in [0.1, 0.15) is 5.82 Å². The van der Waals surface area contributed by atoms with Crippen LogP contribution in [0, 0.1) is 5.92 Å². The smallest absolute Gasteiger partial charge is 0.243 e. The Morgan fingerprint density at radius 1 is 1.10 bits per heavy atom. The van der Waals surface area contributed by atoms with Crippen LogP contribution in [-0.4, -0.2) is 56.6 Å². The molecule has 1 aromatic heterocycles. The van der Waals surface area contributed by atoms with Crippen LogP contribution in [-0.2, 0) is 21.4 Å². The van der Waals surface area contributed by atoms with Crippen LogP contribution in [0.25, 0.3) is 0 Å². The molecule has 2 heterocycles. The fourth-order valence-electron chi connectivity index (χ4n) is 3.49. The highest BCUT2D eigenvalue weighted by atomic mass is 32.2. The van der Waals surface area contributed by atoms with Gasteiger partial charge in [0.05, 0.1) is 4.90 Å².